The highest BCUT2D eigenvalue weighted by molar-refractivity contribution is 8.05. The molecule has 0 unspecified atom stereocenters. The van der Waals surface area contributed by atoms with Crippen molar-refractivity contribution in [3.8, 4) is 5.40 Å². The van der Waals surface area contributed by atoms with Crippen LogP contribution in [0.4, 0.5) is 0 Å². The average Bonchev–Trinajstić information content (AvgIpc) is 3.08. The van der Waals surface area contributed by atoms with E-state index in [-0.39, 0.29) is 6.61 Å². The Morgan fingerprint density at radius 2 is 2.00 bits per heavy atom. The summed E-state index contributed by atoms with van der Waals surface area (Å²) in [5.74, 6) is -1.57. The first kappa shape index (κ1) is 19.1. The topological polar surface area (TPSA) is 87.0 Å². The molecule has 26 heavy (non-hydrogen) atoms. The Hall–Kier alpha value is -1.63. The van der Waals surface area contributed by atoms with Crippen LogP contribution in [0.5, 0.6) is 0 Å². The van der Waals surface area contributed by atoms with Gasteiger partial charge in [-0.1, -0.05) is 30.3 Å². The number of thioether (sulfide) groups is 1. The third-order valence-corrected chi connectivity index (χ3v) is 5.15. The summed E-state index contributed by atoms with van der Waals surface area (Å²) in [7, 11) is 1.25. The Morgan fingerprint density at radius 3 is 2.65 bits per heavy atom. The Labute approximate surface area is 156 Å². The van der Waals surface area contributed by atoms with Crippen molar-refractivity contribution >= 4 is 17.7 Å². The second kappa shape index (κ2) is 7.55. The first-order valence-corrected chi connectivity index (χ1v) is 9.04. The fourth-order valence-corrected chi connectivity index (χ4v) is 3.98. The lowest BCUT2D eigenvalue weighted by Crippen LogP contribution is -2.47. The molecule has 2 aliphatic heterocycles. The van der Waals surface area contributed by atoms with E-state index in [1.165, 1.54) is 7.11 Å². The molecule has 140 valence electrons. The fraction of sp³-hybridized carbons (Fsp3) is 0.556. The molecule has 0 aliphatic carbocycles. The van der Waals surface area contributed by atoms with Crippen molar-refractivity contribution in [2.75, 3.05) is 13.7 Å². The van der Waals surface area contributed by atoms with Crippen molar-refractivity contribution in [2.24, 2.45) is 0 Å². The molecule has 2 fully saturated rings. The van der Waals surface area contributed by atoms with Crippen LogP contribution >= 0.6 is 11.8 Å². The first-order valence-electron chi connectivity index (χ1n) is 8.22. The van der Waals surface area contributed by atoms with Gasteiger partial charge in [0.1, 0.15) is 23.7 Å². The maximum atomic E-state index is 12.4. The number of benzene rings is 1. The molecular formula is C18H21NO6S. The number of rotatable bonds is 6. The molecule has 1 aromatic rings. The summed E-state index contributed by atoms with van der Waals surface area (Å²) in [6, 6.07) is 9.72. The zero-order valence-electron chi connectivity index (χ0n) is 14.8. The monoisotopic (exact) mass is 379 g/mol. The van der Waals surface area contributed by atoms with E-state index < -0.39 is 35.0 Å². The minimum Gasteiger partial charge on any atom is -0.466 e. The van der Waals surface area contributed by atoms with E-state index in [1.54, 1.807) is 13.8 Å². The summed E-state index contributed by atoms with van der Waals surface area (Å²) in [5.41, 5.74) is 1.02. The van der Waals surface area contributed by atoms with Crippen molar-refractivity contribution < 1.29 is 28.5 Å². The van der Waals surface area contributed by atoms with E-state index in [0.717, 1.165) is 5.56 Å². The molecule has 0 aromatic heterocycles. The van der Waals surface area contributed by atoms with Gasteiger partial charge in [-0.2, -0.15) is 5.26 Å². The Balaban J connectivity index is 1.76. The molecule has 4 atom stereocenters. The molecule has 0 N–H and O–H groups in total. The maximum absolute atomic E-state index is 12.4. The molecule has 0 amide bonds. The summed E-state index contributed by atoms with van der Waals surface area (Å²) in [6.45, 7) is 4.11. The number of esters is 1. The van der Waals surface area contributed by atoms with Crippen LogP contribution in [0.15, 0.2) is 30.3 Å². The number of carbonyl (C=O) groups is 1. The van der Waals surface area contributed by atoms with Crippen molar-refractivity contribution in [1.82, 2.24) is 0 Å². The number of nitriles is 1. The quantitative estimate of drug-likeness (QED) is 0.549. The largest absolute Gasteiger partial charge is 0.466 e. The van der Waals surface area contributed by atoms with Crippen molar-refractivity contribution in [3.05, 3.63) is 35.9 Å². The molecule has 8 heteroatoms. The lowest BCUT2D eigenvalue weighted by atomic mass is 10.1. The van der Waals surface area contributed by atoms with Gasteiger partial charge in [-0.15, -0.1) is 0 Å². The summed E-state index contributed by atoms with van der Waals surface area (Å²) in [6.07, 6.45) is -1.87. The van der Waals surface area contributed by atoms with E-state index in [4.69, 9.17) is 23.7 Å². The van der Waals surface area contributed by atoms with Crippen LogP contribution in [-0.2, 0) is 35.1 Å². The lowest BCUT2D eigenvalue weighted by Gasteiger charge is -2.29. The molecule has 2 aliphatic rings. The lowest BCUT2D eigenvalue weighted by molar-refractivity contribution is -0.205. The number of fused-ring (bicyclic) bond motifs is 1. The Bertz CT molecular complexity index is 691. The molecule has 0 saturated carbocycles. The van der Waals surface area contributed by atoms with Crippen LogP contribution in [0.3, 0.4) is 0 Å². The zero-order valence-corrected chi connectivity index (χ0v) is 15.7. The van der Waals surface area contributed by atoms with Crippen LogP contribution in [0, 0.1) is 10.7 Å². The fourth-order valence-electron chi connectivity index (χ4n) is 3.21. The predicted octanol–water partition coefficient (Wildman–Crippen LogP) is 2.21. The smallest absolute Gasteiger partial charge is 0.352 e. The molecule has 0 spiro atoms. The summed E-state index contributed by atoms with van der Waals surface area (Å²) >= 11 is 0.678. The van der Waals surface area contributed by atoms with Gasteiger partial charge in [-0.05, 0) is 19.4 Å². The molecule has 0 bridgehead atoms. The van der Waals surface area contributed by atoms with Crippen molar-refractivity contribution in [1.29, 1.82) is 5.26 Å². The maximum Gasteiger partial charge on any atom is 0.352 e. The molecule has 7 nitrogen and oxygen atoms in total. The van der Waals surface area contributed by atoms with E-state index in [1.807, 2.05) is 35.7 Å². The van der Waals surface area contributed by atoms with Gasteiger partial charge in [0.25, 0.3) is 4.93 Å². The van der Waals surface area contributed by atoms with Gasteiger partial charge in [0, 0.05) is 11.8 Å². The normalized spacial score (nSPS) is 32.0. The summed E-state index contributed by atoms with van der Waals surface area (Å²) in [4.78, 5) is 10.8. The third kappa shape index (κ3) is 3.59. The predicted molar refractivity (Wildman–Crippen MR) is 92.7 cm³/mol. The molecule has 3 rings (SSSR count). The van der Waals surface area contributed by atoms with Gasteiger partial charge in [-0.25, -0.2) is 4.79 Å². The number of carbonyl (C=O) groups excluding carboxylic acids is 1. The second-order valence-corrected chi connectivity index (χ2v) is 7.52. The molecular weight excluding hydrogens is 358 g/mol. The van der Waals surface area contributed by atoms with Gasteiger partial charge in [0.2, 0.25) is 0 Å². The Kier molecular flexibility index (Phi) is 5.55. The number of methoxy groups -OCH3 is 1. The third-order valence-electron chi connectivity index (χ3n) is 4.26. The highest BCUT2D eigenvalue weighted by Crippen LogP contribution is 2.49. The summed E-state index contributed by atoms with van der Waals surface area (Å²) in [5, 5.41) is 11.1. The standard InChI is InChI=1S/C18H21NO6S/c1-17(2)24-14-13(10-22-9-12-7-5-4-6-8-12)23-18(26-11-19,15(14)25-17)16(20)21-3/h4-8,13-15H,9-10H2,1-3H3/t13-,14-,15-,18-/m1/s1. The molecule has 1 aromatic carbocycles. The van der Waals surface area contributed by atoms with Gasteiger partial charge in [0.05, 0.1) is 20.3 Å². The minimum absolute atomic E-state index is 0.195. The highest BCUT2D eigenvalue weighted by atomic mass is 32.2. The number of nitrogens with zero attached hydrogens (tertiary/aromatic N) is 1. The van der Waals surface area contributed by atoms with Gasteiger partial charge >= 0.3 is 5.97 Å². The highest BCUT2D eigenvalue weighted by Gasteiger charge is 2.68. The van der Waals surface area contributed by atoms with Crippen LogP contribution < -0.4 is 0 Å². The van der Waals surface area contributed by atoms with Crippen molar-refractivity contribution in [2.45, 2.75) is 49.5 Å². The molecule has 0 radical (unpaired) electrons. The van der Waals surface area contributed by atoms with Crippen molar-refractivity contribution in [3.63, 3.8) is 0 Å². The van der Waals surface area contributed by atoms with E-state index in [0.29, 0.717) is 18.4 Å². The average molecular weight is 379 g/mol. The summed E-state index contributed by atoms with van der Waals surface area (Å²) < 4.78 is 28.4. The molecule has 2 heterocycles. The number of hydrogen-bond donors (Lipinski definition) is 0. The van der Waals surface area contributed by atoms with E-state index >= 15 is 0 Å². The number of thiocyanates is 1. The van der Waals surface area contributed by atoms with Crippen LogP contribution in [0.2, 0.25) is 0 Å². The van der Waals surface area contributed by atoms with Crippen LogP contribution in [-0.4, -0.2) is 48.7 Å². The first-order chi connectivity index (χ1) is 12.4. The van der Waals surface area contributed by atoms with Crippen LogP contribution in [0.25, 0.3) is 0 Å². The second-order valence-electron chi connectivity index (χ2n) is 6.53. The minimum atomic E-state index is -1.59. The molecule has 2 saturated heterocycles. The number of ether oxygens (including phenoxy) is 5. The SMILES string of the molecule is COC(=O)[C@@]1(SC#N)O[C@H](COCc2ccccc2)[C@H]2OC(C)(C)O[C@H]21. The number of hydrogen-bond acceptors (Lipinski definition) is 8. The van der Waals surface area contributed by atoms with Crippen LogP contribution in [0.1, 0.15) is 19.4 Å². The van der Waals surface area contributed by atoms with Gasteiger partial charge < -0.3 is 23.7 Å². The van der Waals surface area contributed by atoms with Gasteiger partial charge in [0.15, 0.2) is 5.79 Å². The Morgan fingerprint density at radius 1 is 1.27 bits per heavy atom. The van der Waals surface area contributed by atoms with E-state index in [2.05, 4.69) is 0 Å². The van der Waals surface area contributed by atoms with E-state index in [9.17, 15) is 10.1 Å². The zero-order chi connectivity index (χ0) is 18.8. The van der Waals surface area contributed by atoms with Gasteiger partial charge in [-0.3, -0.25) is 0 Å².